The van der Waals surface area contributed by atoms with Crippen LogP contribution in [0.5, 0.6) is 11.5 Å². The third kappa shape index (κ3) is 9.13. The van der Waals surface area contributed by atoms with E-state index in [1.54, 1.807) is 12.1 Å². The smallest absolute Gasteiger partial charge is 0.269 e. The highest BCUT2D eigenvalue weighted by atomic mass is 32.1. The number of nitro groups is 1. The van der Waals surface area contributed by atoms with Gasteiger partial charge >= 0.3 is 0 Å². The van der Waals surface area contributed by atoms with Crippen molar-refractivity contribution in [3.8, 4) is 11.5 Å². The zero-order valence-corrected chi connectivity index (χ0v) is 25.1. The van der Waals surface area contributed by atoms with Crippen LogP contribution < -0.4 is 35.8 Å². The van der Waals surface area contributed by atoms with E-state index in [0.29, 0.717) is 23.2 Å². The summed E-state index contributed by atoms with van der Waals surface area (Å²) >= 11 is 5.42. The van der Waals surface area contributed by atoms with Gasteiger partial charge in [0.2, 0.25) is 5.95 Å². The first-order valence-corrected chi connectivity index (χ1v) is 15.4. The van der Waals surface area contributed by atoms with E-state index >= 15 is 0 Å². The van der Waals surface area contributed by atoms with Crippen LogP contribution in [0, 0.1) is 10.1 Å². The molecule has 2 aliphatic rings. The monoisotopic (exact) mass is 605 g/mol. The molecule has 0 saturated carbocycles. The van der Waals surface area contributed by atoms with Crippen LogP contribution in [0.4, 0.5) is 29.0 Å². The molecule has 0 aliphatic carbocycles. The maximum atomic E-state index is 10.8. The number of anilines is 4. The van der Waals surface area contributed by atoms with E-state index in [1.807, 2.05) is 24.3 Å². The van der Waals surface area contributed by atoms with E-state index in [0.717, 1.165) is 75.5 Å². The van der Waals surface area contributed by atoms with Crippen molar-refractivity contribution in [3.63, 3.8) is 0 Å². The predicted molar refractivity (Wildman–Crippen MR) is 175 cm³/mol. The first-order valence-electron chi connectivity index (χ1n) is 14.9. The highest BCUT2D eigenvalue weighted by molar-refractivity contribution is 7.80. The molecule has 2 aliphatic heterocycles. The van der Waals surface area contributed by atoms with Gasteiger partial charge in [0.1, 0.15) is 23.1 Å². The SMILES string of the molecule is O=[N+]([O-])c1ccc(Oc2ccc(NC(=S)NCCNCCCNc3cc(N4CCCC4)nc(N4CCCC4)n3)cc2)cc1. The summed E-state index contributed by atoms with van der Waals surface area (Å²) in [5.41, 5.74) is 0.856. The van der Waals surface area contributed by atoms with Crippen molar-refractivity contribution in [1.29, 1.82) is 0 Å². The number of non-ortho nitro benzene ring substituents is 1. The number of ether oxygens (including phenoxy) is 1. The van der Waals surface area contributed by atoms with Gasteiger partial charge < -0.3 is 35.8 Å². The average molecular weight is 606 g/mol. The highest BCUT2D eigenvalue weighted by Crippen LogP contribution is 2.26. The van der Waals surface area contributed by atoms with Gasteiger partial charge in [0.05, 0.1) is 4.92 Å². The van der Waals surface area contributed by atoms with E-state index in [9.17, 15) is 10.1 Å². The number of rotatable bonds is 14. The molecule has 0 spiro atoms. The minimum Gasteiger partial charge on any atom is -0.457 e. The Morgan fingerprint density at radius 1 is 0.860 bits per heavy atom. The van der Waals surface area contributed by atoms with Gasteiger partial charge in [0.25, 0.3) is 5.69 Å². The standard InChI is InChI=1S/C30H39N9O3S/c40-39(41)24-8-12-26(13-9-24)42-25-10-6-23(7-11-25)34-30(43)33-17-16-31-14-5-15-32-27-22-28(37-18-1-2-19-37)36-29(35-27)38-20-3-4-21-38/h6-13,22,31H,1-5,14-21H2,(H,32,35,36)(H2,33,34,43). The molecule has 3 aromatic rings. The normalized spacial score (nSPS) is 14.5. The second kappa shape index (κ2) is 15.3. The molecule has 43 heavy (non-hydrogen) atoms. The summed E-state index contributed by atoms with van der Waals surface area (Å²) in [6.07, 6.45) is 5.83. The minimum absolute atomic E-state index is 0.0243. The quantitative estimate of drug-likeness (QED) is 0.0874. The molecule has 0 bridgehead atoms. The lowest BCUT2D eigenvalue weighted by atomic mass is 10.3. The van der Waals surface area contributed by atoms with Crippen LogP contribution in [0.15, 0.2) is 54.6 Å². The number of aromatic nitrogens is 2. The lowest BCUT2D eigenvalue weighted by Gasteiger charge is -2.22. The summed E-state index contributed by atoms with van der Waals surface area (Å²) in [5.74, 6) is 3.94. The molecule has 4 N–H and O–H groups in total. The molecule has 0 radical (unpaired) electrons. The fraction of sp³-hybridized carbons (Fsp3) is 0.433. The van der Waals surface area contributed by atoms with Crippen molar-refractivity contribution in [2.45, 2.75) is 32.1 Å². The van der Waals surface area contributed by atoms with Crippen molar-refractivity contribution in [1.82, 2.24) is 20.6 Å². The van der Waals surface area contributed by atoms with Gasteiger partial charge in [-0.3, -0.25) is 10.1 Å². The number of hydrogen-bond donors (Lipinski definition) is 4. The zero-order chi connectivity index (χ0) is 29.9. The van der Waals surface area contributed by atoms with Crippen molar-refractivity contribution >= 4 is 46.3 Å². The molecule has 0 amide bonds. The van der Waals surface area contributed by atoms with Crippen LogP contribution in [-0.2, 0) is 0 Å². The number of nitro benzene ring substituents is 1. The van der Waals surface area contributed by atoms with Crippen LogP contribution in [-0.4, -0.2) is 72.4 Å². The van der Waals surface area contributed by atoms with Crippen molar-refractivity contribution in [2.24, 2.45) is 0 Å². The molecule has 0 unspecified atom stereocenters. The summed E-state index contributed by atoms with van der Waals surface area (Å²) in [5, 5.41) is 24.7. The van der Waals surface area contributed by atoms with Crippen LogP contribution in [0.2, 0.25) is 0 Å². The van der Waals surface area contributed by atoms with Gasteiger partial charge in [-0.25, -0.2) is 0 Å². The van der Waals surface area contributed by atoms with E-state index in [2.05, 4.69) is 37.1 Å². The second-order valence-electron chi connectivity index (χ2n) is 10.6. The van der Waals surface area contributed by atoms with Crippen LogP contribution in [0.25, 0.3) is 0 Å². The van der Waals surface area contributed by atoms with Crippen molar-refractivity contribution < 1.29 is 9.66 Å². The summed E-state index contributed by atoms with van der Waals surface area (Å²) < 4.78 is 5.75. The van der Waals surface area contributed by atoms with E-state index in [1.165, 1.54) is 37.8 Å². The van der Waals surface area contributed by atoms with E-state index < -0.39 is 4.92 Å². The maximum absolute atomic E-state index is 10.8. The van der Waals surface area contributed by atoms with Gasteiger partial charge in [-0.15, -0.1) is 0 Å². The average Bonchev–Trinajstić information content (AvgIpc) is 3.75. The molecular weight excluding hydrogens is 566 g/mol. The topological polar surface area (TPSA) is 133 Å². The largest absolute Gasteiger partial charge is 0.457 e. The number of nitrogens with one attached hydrogen (secondary N) is 4. The number of thiocarbonyl (C=S) groups is 1. The Labute approximate surface area is 257 Å². The lowest BCUT2D eigenvalue weighted by molar-refractivity contribution is -0.384. The van der Waals surface area contributed by atoms with Gasteiger partial charge in [-0.1, -0.05) is 0 Å². The molecule has 3 heterocycles. The molecule has 2 fully saturated rings. The third-order valence-corrected chi connectivity index (χ3v) is 7.59. The van der Waals surface area contributed by atoms with Crippen molar-refractivity contribution in [2.75, 3.05) is 72.8 Å². The van der Waals surface area contributed by atoms with Gasteiger partial charge in [0.15, 0.2) is 5.11 Å². The van der Waals surface area contributed by atoms with Gasteiger partial charge in [0, 0.05) is 69.7 Å². The molecule has 13 heteroatoms. The number of benzene rings is 2. The fourth-order valence-corrected chi connectivity index (χ4v) is 5.27. The number of hydrogen-bond acceptors (Lipinski definition) is 10. The van der Waals surface area contributed by atoms with Crippen LogP contribution in [0.3, 0.4) is 0 Å². The minimum atomic E-state index is -0.439. The molecule has 0 atom stereocenters. The Bertz CT molecular complexity index is 1310. The molecule has 5 rings (SSSR count). The molecule has 2 saturated heterocycles. The molecule has 1 aromatic heterocycles. The highest BCUT2D eigenvalue weighted by Gasteiger charge is 2.20. The first kappa shape index (κ1) is 30.2. The summed E-state index contributed by atoms with van der Waals surface area (Å²) in [6, 6.07) is 15.4. The molecule has 228 valence electrons. The third-order valence-electron chi connectivity index (χ3n) is 7.34. The fourth-order valence-electron chi connectivity index (χ4n) is 5.05. The Morgan fingerprint density at radius 3 is 2.19 bits per heavy atom. The Hall–Kier alpha value is -4.23. The first-order chi connectivity index (χ1) is 21.0. The lowest BCUT2D eigenvalue weighted by Crippen LogP contribution is -2.35. The molecule has 2 aromatic carbocycles. The van der Waals surface area contributed by atoms with Crippen molar-refractivity contribution in [3.05, 3.63) is 64.7 Å². The Morgan fingerprint density at radius 2 is 1.51 bits per heavy atom. The van der Waals surface area contributed by atoms with Gasteiger partial charge in [-0.05, 0) is 87.3 Å². The van der Waals surface area contributed by atoms with Gasteiger partial charge in [-0.2, -0.15) is 9.97 Å². The molecular formula is C30H39N9O3S. The Balaban J connectivity index is 0.961. The van der Waals surface area contributed by atoms with Crippen LogP contribution in [0.1, 0.15) is 32.1 Å². The van der Waals surface area contributed by atoms with Crippen LogP contribution >= 0.6 is 12.2 Å². The second-order valence-corrected chi connectivity index (χ2v) is 11.0. The van der Waals surface area contributed by atoms with E-state index in [4.69, 9.17) is 26.9 Å². The predicted octanol–water partition coefficient (Wildman–Crippen LogP) is 4.76. The van der Waals surface area contributed by atoms with E-state index in [-0.39, 0.29) is 5.69 Å². The maximum Gasteiger partial charge on any atom is 0.269 e. The number of nitrogens with zero attached hydrogens (tertiary/aromatic N) is 5. The summed E-state index contributed by atoms with van der Waals surface area (Å²) in [6.45, 7) is 7.41. The Kier molecular flexibility index (Phi) is 10.8. The summed E-state index contributed by atoms with van der Waals surface area (Å²) in [7, 11) is 0. The molecule has 12 nitrogen and oxygen atoms in total. The summed E-state index contributed by atoms with van der Waals surface area (Å²) in [4.78, 5) is 24.7. The zero-order valence-electron chi connectivity index (χ0n) is 24.3.